The first-order chi connectivity index (χ1) is 8.63. The summed E-state index contributed by atoms with van der Waals surface area (Å²) in [5, 5.41) is 0. The molecule has 2 N–H and O–H groups in total. The molecule has 0 spiro atoms. The number of fused-ring (bicyclic) bond motifs is 1. The lowest BCUT2D eigenvalue weighted by Crippen LogP contribution is -2.32. The maximum atomic E-state index is 12.2. The van der Waals surface area contributed by atoms with Crippen LogP contribution >= 0.6 is 0 Å². The molecule has 0 fully saturated rings. The molecule has 2 atom stereocenters. The van der Waals surface area contributed by atoms with Gasteiger partial charge >= 0.3 is 0 Å². The third kappa shape index (κ3) is 2.56. The standard InChI is InChI=1S/C15H22N2O/c1-11(10-16)9-15(18)17(2)14-8-7-12-5-3-4-6-13(12)14/h3-6,11,14H,7-10,16H2,1-2H3. The molecule has 3 heteroatoms. The SMILES string of the molecule is CC(CN)CC(=O)N(C)C1CCc2ccccc21. The van der Waals surface area contributed by atoms with Gasteiger partial charge in [0.2, 0.25) is 5.91 Å². The summed E-state index contributed by atoms with van der Waals surface area (Å²) in [7, 11) is 1.92. The predicted octanol–water partition coefficient (Wildman–Crippen LogP) is 2.12. The van der Waals surface area contributed by atoms with Gasteiger partial charge < -0.3 is 10.6 Å². The number of amides is 1. The van der Waals surface area contributed by atoms with Crippen LogP contribution in [0.15, 0.2) is 24.3 Å². The van der Waals surface area contributed by atoms with Gasteiger partial charge in [-0.25, -0.2) is 0 Å². The fourth-order valence-electron chi connectivity index (χ4n) is 2.64. The molecule has 1 aromatic carbocycles. The molecule has 0 aromatic heterocycles. The highest BCUT2D eigenvalue weighted by molar-refractivity contribution is 5.76. The molecule has 2 rings (SSSR count). The van der Waals surface area contributed by atoms with E-state index < -0.39 is 0 Å². The van der Waals surface area contributed by atoms with Crippen molar-refractivity contribution in [2.75, 3.05) is 13.6 Å². The highest BCUT2D eigenvalue weighted by Crippen LogP contribution is 2.35. The van der Waals surface area contributed by atoms with Crippen LogP contribution in [0, 0.1) is 5.92 Å². The maximum Gasteiger partial charge on any atom is 0.223 e. The molecule has 0 saturated heterocycles. The van der Waals surface area contributed by atoms with Gasteiger partial charge in [0.05, 0.1) is 6.04 Å². The zero-order valence-corrected chi connectivity index (χ0v) is 11.2. The minimum atomic E-state index is 0.203. The number of rotatable bonds is 4. The van der Waals surface area contributed by atoms with Gasteiger partial charge in [-0.05, 0) is 36.4 Å². The minimum absolute atomic E-state index is 0.203. The average Bonchev–Trinajstić information content (AvgIpc) is 2.81. The molecule has 0 bridgehead atoms. The lowest BCUT2D eigenvalue weighted by Gasteiger charge is -2.26. The minimum Gasteiger partial charge on any atom is -0.339 e. The van der Waals surface area contributed by atoms with Crippen molar-refractivity contribution in [2.24, 2.45) is 11.7 Å². The van der Waals surface area contributed by atoms with E-state index in [9.17, 15) is 4.79 Å². The molecule has 1 aliphatic rings. The van der Waals surface area contributed by atoms with Crippen LogP contribution in [0.25, 0.3) is 0 Å². The molecule has 0 saturated carbocycles. The van der Waals surface area contributed by atoms with Gasteiger partial charge in [0, 0.05) is 13.5 Å². The van der Waals surface area contributed by atoms with Crippen LogP contribution in [0.4, 0.5) is 0 Å². The van der Waals surface area contributed by atoms with Crippen LogP contribution < -0.4 is 5.73 Å². The van der Waals surface area contributed by atoms with Crippen molar-refractivity contribution in [1.29, 1.82) is 0 Å². The summed E-state index contributed by atoms with van der Waals surface area (Å²) in [6.07, 6.45) is 2.66. The summed E-state index contributed by atoms with van der Waals surface area (Å²) in [6, 6.07) is 8.68. The van der Waals surface area contributed by atoms with Crippen molar-refractivity contribution in [3.05, 3.63) is 35.4 Å². The Labute approximate surface area is 109 Å². The molecule has 18 heavy (non-hydrogen) atoms. The second kappa shape index (κ2) is 5.53. The number of carbonyl (C=O) groups is 1. The third-order valence-electron chi connectivity index (χ3n) is 3.89. The molecule has 1 aromatic rings. The Morgan fingerprint density at radius 2 is 2.22 bits per heavy atom. The first-order valence-corrected chi connectivity index (χ1v) is 6.67. The van der Waals surface area contributed by atoms with E-state index in [4.69, 9.17) is 5.73 Å². The molecule has 0 heterocycles. The summed E-state index contributed by atoms with van der Waals surface area (Å²) in [6.45, 7) is 2.59. The van der Waals surface area contributed by atoms with Crippen molar-refractivity contribution in [2.45, 2.75) is 32.2 Å². The van der Waals surface area contributed by atoms with Gasteiger partial charge in [0.25, 0.3) is 0 Å². The Balaban J connectivity index is 2.07. The average molecular weight is 246 g/mol. The van der Waals surface area contributed by atoms with E-state index in [0.717, 1.165) is 12.8 Å². The second-order valence-electron chi connectivity index (χ2n) is 5.30. The number of nitrogens with two attached hydrogens (primary N) is 1. The summed E-state index contributed by atoms with van der Waals surface area (Å²) >= 11 is 0. The predicted molar refractivity (Wildman–Crippen MR) is 73.1 cm³/mol. The fraction of sp³-hybridized carbons (Fsp3) is 0.533. The molecular weight excluding hydrogens is 224 g/mol. The van der Waals surface area contributed by atoms with E-state index in [1.165, 1.54) is 11.1 Å². The van der Waals surface area contributed by atoms with E-state index >= 15 is 0 Å². The smallest absolute Gasteiger partial charge is 0.223 e. The Hall–Kier alpha value is -1.35. The van der Waals surface area contributed by atoms with E-state index in [2.05, 4.69) is 24.3 Å². The zero-order valence-electron chi connectivity index (χ0n) is 11.2. The van der Waals surface area contributed by atoms with E-state index in [1.807, 2.05) is 18.9 Å². The number of hydrogen-bond donors (Lipinski definition) is 1. The van der Waals surface area contributed by atoms with Crippen LogP contribution in [0.5, 0.6) is 0 Å². The molecule has 0 radical (unpaired) electrons. The van der Waals surface area contributed by atoms with E-state index in [1.54, 1.807) is 0 Å². The number of nitrogens with zero attached hydrogens (tertiary/aromatic N) is 1. The first kappa shape index (κ1) is 13.1. The third-order valence-corrected chi connectivity index (χ3v) is 3.89. The van der Waals surface area contributed by atoms with Crippen molar-refractivity contribution in [1.82, 2.24) is 4.90 Å². The topological polar surface area (TPSA) is 46.3 Å². The molecule has 2 unspecified atom stereocenters. The molecule has 3 nitrogen and oxygen atoms in total. The summed E-state index contributed by atoms with van der Waals surface area (Å²) < 4.78 is 0. The monoisotopic (exact) mass is 246 g/mol. The van der Waals surface area contributed by atoms with Crippen LogP contribution in [-0.2, 0) is 11.2 Å². The number of carbonyl (C=O) groups excluding carboxylic acids is 1. The Kier molecular flexibility index (Phi) is 4.02. The Morgan fingerprint density at radius 3 is 2.94 bits per heavy atom. The van der Waals surface area contributed by atoms with Crippen molar-refractivity contribution >= 4 is 5.91 Å². The zero-order chi connectivity index (χ0) is 13.1. The van der Waals surface area contributed by atoms with Crippen molar-refractivity contribution in [3.8, 4) is 0 Å². The highest BCUT2D eigenvalue weighted by Gasteiger charge is 2.28. The number of hydrogen-bond acceptors (Lipinski definition) is 2. The summed E-state index contributed by atoms with van der Waals surface area (Å²) in [5.41, 5.74) is 8.28. The largest absolute Gasteiger partial charge is 0.339 e. The summed E-state index contributed by atoms with van der Waals surface area (Å²) in [5.74, 6) is 0.464. The molecule has 98 valence electrons. The van der Waals surface area contributed by atoms with Gasteiger partial charge in [-0.1, -0.05) is 31.2 Å². The number of aryl methyl sites for hydroxylation is 1. The van der Waals surface area contributed by atoms with Crippen LogP contribution in [-0.4, -0.2) is 24.4 Å². The quantitative estimate of drug-likeness (QED) is 0.884. The molecule has 1 aliphatic carbocycles. The molecular formula is C15H22N2O. The highest BCUT2D eigenvalue weighted by atomic mass is 16.2. The molecule has 0 aliphatic heterocycles. The van der Waals surface area contributed by atoms with Gasteiger partial charge in [-0.2, -0.15) is 0 Å². The van der Waals surface area contributed by atoms with Crippen LogP contribution in [0.1, 0.15) is 36.9 Å². The normalized spacial score (nSPS) is 19.4. The van der Waals surface area contributed by atoms with Crippen molar-refractivity contribution < 1.29 is 4.79 Å². The van der Waals surface area contributed by atoms with Crippen LogP contribution in [0.3, 0.4) is 0 Å². The lowest BCUT2D eigenvalue weighted by molar-refractivity contribution is -0.132. The van der Waals surface area contributed by atoms with E-state index in [-0.39, 0.29) is 17.9 Å². The van der Waals surface area contributed by atoms with Gasteiger partial charge in [-0.15, -0.1) is 0 Å². The van der Waals surface area contributed by atoms with Gasteiger partial charge in [0.15, 0.2) is 0 Å². The van der Waals surface area contributed by atoms with Gasteiger partial charge in [-0.3, -0.25) is 4.79 Å². The maximum absolute atomic E-state index is 12.2. The van der Waals surface area contributed by atoms with Gasteiger partial charge in [0.1, 0.15) is 0 Å². The Bertz CT molecular complexity index is 430. The van der Waals surface area contributed by atoms with E-state index in [0.29, 0.717) is 13.0 Å². The molecule has 1 amide bonds. The van der Waals surface area contributed by atoms with Crippen LogP contribution in [0.2, 0.25) is 0 Å². The fourth-order valence-corrected chi connectivity index (χ4v) is 2.64. The Morgan fingerprint density at radius 1 is 1.50 bits per heavy atom. The lowest BCUT2D eigenvalue weighted by atomic mass is 10.0. The second-order valence-corrected chi connectivity index (χ2v) is 5.30. The number of benzene rings is 1. The summed E-state index contributed by atoms with van der Waals surface area (Å²) in [4.78, 5) is 14.1. The first-order valence-electron chi connectivity index (χ1n) is 6.67. The van der Waals surface area contributed by atoms with Crippen molar-refractivity contribution in [3.63, 3.8) is 0 Å².